The summed E-state index contributed by atoms with van der Waals surface area (Å²) in [6, 6.07) is 8.49. The predicted molar refractivity (Wildman–Crippen MR) is 66.0 cm³/mol. The lowest BCUT2D eigenvalue weighted by Gasteiger charge is -2.14. The molecule has 0 bridgehead atoms. The lowest BCUT2D eigenvalue weighted by atomic mass is 10.1. The van der Waals surface area contributed by atoms with Gasteiger partial charge in [-0.25, -0.2) is 0 Å². The summed E-state index contributed by atoms with van der Waals surface area (Å²) in [7, 11) is 4.90. The SMILES string of the molecule is [B]C(=O)NC(CO)CC(=O)OCc1ccccc1. The number of carbonyl (C=O) groups is 2. The second-order valence-corrected chi connectivity index (χ2v) is 3.74. The minimum Gasteiger partial charge on any atom is -0.461 e. The van der Waals surface area contributed by atoms with Crippen molar-refractivity contribution in [1.82, 2.24) is 5.32 Å². The molecule has 0 fully saturated rings. The second kappa shape index (κ2) is 7.50. The van der Waals surface area contributed by atoms with Crippen molar-refractivity contribution in [3.63, 3.8) is 0 Å². The first kappa shape index (κ1) is 14.2. The van der Waals surface area contributed by atoms with Gasteiger partial charge in [-0.15, -0.1) is 0 Å². The van der Waals surface area contributed by atoms with Crippen LogP contribution in [0.2, 0.25) is 0 Å². The first-order chi connectivity index (χ1) is 8.61. The van der Waals surface area contributed by atoms with Gasteiger partial charge < -0.3 is 15.2 Å². The Labute approximate surface area is 107 Å². The van der Waals surface area contributed by atoms with Crippen LogP contribution in [0.3, 0.4) is 0 Å². The summed E-state index contributed by atoms with van der Waals surface area (Å²) in [6.45, 7) is -0.211. The molecule has 18 heavy (non-hydrogen) atoms. The smallest absolute Gasteiger partial charge is 0.308 e. The van der Waals surface area contributed by atoms with Crippen LogP contribution in [0.15, 0.2) is 30.3 Å². The lowest BCUT2D eigenvalue weighted by Crippen LogP contribution is -2.38. The van der Waals surface area contributed by atoms with Gasteiger partial charge in [0.15, 0.2) is 5.81 Å². The summed E-state index contributed by atoms with van der Waals surface area (Å²) >= 11 is 0. The molecule has 1 rings (SSSR count). The zero-order chi connectivity index (χ0) is 13.4. The van der Waals surface area contributed by atoms with Gasteiger partial charge in [-0.05, 0) is 5.56 Å². The number of carbonyl (C=O) groups excluding carboxylic acids is 2. The molecule has 0 aliphatic heterocycles. The second-order valence-electron chi connectivity index (χ2n) is 3.74. The van der Waals surface area contributed by atoms with Crippen molar-refractivity contribution in [3.8, 4) is 0 Å². The average Bonchev–Trinajstić information content (AvgIpc) is 2.36. The number of amides is 1. The Balaban J connectivity index is 2.34. The largest absolute Gasteiger partial charge is 0.461 e. The molecule has 0 aromatic heterocycles. The van der Waals surface area contributed by atoms with Gasteiger partial charge in [-0.3, -0.25) is 9.59 Å². The highest BCUT2D eigenvalue weighted by atomic mass is 16.5. The maximum atomic E-state index is 11.4. The molecule has 5 nitrogen and oxygen atoms in total. The summed E-state index contributed by atoms with van der Waals surface area (Å²) in [5, 5.41) is 11.2. The fraction of sp³-hybridized carbons (Fsp3) is 0.333. The molecule has 1 unspecified atom stereocenters. The Kier molecular flexibility index (Phi) is 5.94. The maximum Gasteiger partial charge on any atom is 0.308 e. The van der Waals surface area contributed by atoms with Crippen LogP contribution < -0.4 is 5.32 Å². The number of nitrogens with one attached hydrogen (secondary N) is 1. The summed E-state index contributed by atoms with van der Waals surface area (Å²) < 4.78 is 5.00. The van der Waals surface area contributed by atoms with E-state index in [0.29, 0.717) is 0 Å². The molecule has 0 spiro atoms. The van der Waals surface area contributed by atoms with Crippen molar-refractivity contribution >= 4 is 19.6 Å². The van der Waals surface area contributed by atoms with Crippen LogP contribution in [0.4, 0.5) is 4.79 Å². The molecule has 6 heteroatoms. The summed E-state index contributed by atoms with van der Waals surface area (Å²) in [6.07, 6.45) is -0.119. The lowest BCUT2D eigenvalue weighted by molar-refractivity contribution is -0.145. The van der Waals surface area contributed by atoms with Gasteiger partial charge in [-0.1, -0.05) is 30.3 Å². The normalized spacial score (nSPS) is 11.6. The standard InChI is InChI=1S/C12H14BNO4/c13-12(17)14-10(7-15)6-11(16)18-8-9-4-2-1-3-5-9/h1-5,10,15H,6-8H2,(H,14,17). The minimum atomic E-state index is -0.787. The van der Waals surface area contributed by atoms with Crippen LogP contribution in [0.5, 0.6) is 0 Å². The van der Waals surface area contributed by atoms with Crippen LogP contribution in [-0.4, -0.2) is 37.4 Å². The Bertz CT molecular complexity index is 396. The Morgan fingerprint density at radius 3 is 2.56 bits per heavy atom. The third-order valence-corrected chi connectivity index (χ3v) is 2.22. The highest BCUT2D eigenvalue weighted by molar-refractivity contribution is 6.57. The van der Waals surface area contributed by atoms with E-state index in [1.54, 1.807) is 0 Å². The molecule has 0 saturated heterocycles. The quantitative estimate of drug-likeness (QED) is 0.562. The third-order valence-electron chi connectivity index (χ3n) is 2.22. The van der Waals surface area contributed by atoms with E-state index in [1.165, 1.54) is 0 Å². The number of hydrogen-bond acceptors (Lipinski definition) is 4. The van der Waals surface area contributed by atoms with E-state index in [2.05, 4.69) is 5.32 Å². The van der Waals surface area contributed by atoms with E-state index in [9.17, 15) is 9.59 Å². The van der Waals surface area contributed by atoms with Gasteiger partial charge in [0.25, 0.3) is 0 Å². The Morgan fingerprint density at radius 1 is 1.33 bits per heavy atom. The molecule has 1 atom stereocenters. The Hall–Kier alpha value is -1.82. The van der Waals surface area contributed by atoms with Gasteiger partial charge in [0.05, 0.1) is 19.1 Å². The molecule has 1 aromatic rings. The molecule has 0 aliphatic carbocycles. The molecule has 2 radical (unpaired) electrons. The number of rotatable bonds is 6. The first-order valence-electron chi connectivity index (χ1n) is 5.48. The average molecular weight is 247 g/mol. The van der Waals surface area contributed by atoms with Gasteiger partial charge in [0.2, 0.25) is 7.85 Å². The number of aliphatic hydroxyl groups excluding tert-OH is 1. The maximum absolute atomic E-state index is 11.4. The predicted octanol–water partition coefficient (Wildman–Crippen LogP) is 0.359. The zero-order valence-electron chi connectivity index (χ0n) is 9.83. The van der Waals surface area contributed by atoms with Crippen molar-refractivity contribution in [2.45, 2.75) is 19.1 Å². The topological polar surface area (TPSA) is 75.6 Å². The minimum absolute atomic E-state index is 0.119. The van der Waals surface area contributed by atoms with Gasteiger partial charge >= 0.3 is 5.97 Å². The molecule has 0 aliphatic rings. The van der Waals surface area contributed by atoms with Gasteiger partial charge in [-0.2, -0.15) is 0 Å². The molecule has 0 saturated carbocycles. The van der Waals surface area contributed by atoms with Gasteiger partial charge in [0, 0.05) is 0 Å². The van der Waals surface area contributed by atoms with Crippen LogP contribution in [0.1, 0.15) is 12.0 Å². The zero-order valence-corrected chi connectivity index (χ0v) is 9.83. The van der Waals surface area contributed by atoms with E-state index in [1.807, 2.05) is 30.3 Å². The summed E-state index contributed by atoms with van der Waals surface area (Å²) in [5.41, 5.74) is 0.870. The summed E-state index contributed by atoms with van der Waals surface area (Å²) in [4.78, 5) is 22.0. The number of aliphatic hydroxyl groups is 1. The first-order valence-corrected chi connectivity index (χ1v) is 5.48. The molecule has 0 heterocycles. The van der Waals surface area contributed by atoms with Crippen molar-refractivity contribution in [3.05, 3.63) is 35.9 Å². The number of hydrogen-bond donors (Lipinski definition) is 2. The number of ether oxygens (including phenoxy) is 1. The monoisotopic (exact) mass is 247 g/mol. The number of benzene rings is 1. The molecule has 1 amide bonds. The van der Waals surface area contributed by atoms with E-state index in [-0.39, 0.29) is 19.6 Å². The number of esters is 1. The van der Waals surface area contributed by atoms with Crippen LogP contribution in [-0.2, 0) is 16.1 Å². The van der Waals surface area contributed by atoms with Gasteiger partial charge in [0.1, 0.15) is 6.61 Å². The highest BCUT2D eigenvalue weighted by Crippen LogP contribution is 2.03. The van der Waals surface area contributed by atoms with Crippen LogP contribution in [0, 0.1) is 0 Å². The van der Waals surface area contributed by atoms with E-state index >= 15 is 0 Å². The molecule has 1 aromatic carbocycles. The third kappa shape index (κ3) is 5.49. The molecule has 94 valence electrons. The van der Waals surface area contributed by atoms with E-state index in [4.69, 9.17) is 17.7 Å². The fourth-order valence-corrected chi connectivity index (χ4v) is 1.36. The van der Waals surface area contributed by atoms with E-state index in [0.717, 1.165) is 5.56 Å². The Morgan fingerprint density at radius 2 is 2.00 bits per heavy atom. The fourth-order valence-electron chi connectivity index (χ4n) is 1.36. The molecular weight excluding hydrogens is 233 g/mol. The highest BCUT2D eigenvalue weighted by Gasteiger charge is 2.14. The van der Waals surface area contributed by atoms with Crippen LogP contribution >= 0.6 is 0 Å². The molecule has 2 N–H and O–H groups in total. The van der Waals surface area contributed by atoms with Crippen LogP contribution in [0.25, 0.3) is 0 Å². The van der Waals surface area contributed by atoms with Crippen molar-refractivity contribution < 1.29 is 19.4 Å². The van der Waals surface area contributed by atoms with Crippen molar-refractivity contribution in [2.24, 2.45) is 0 Å². The molecular formula is C12H14BNO4. The van der Waals surface area contributed by atoms with Crippen molar-refractivity contribution in [1.29, 1.82) is 0 Å². The van der Waals surface area contributed by atoms with E-state index < -0.39 is 17.8 Å². The summed E-state index contributed by atoms with van der Waals surface area (Å²) in [5.74, 6) is -1.29. The van der Waals surface area contributed by atoms with Crippen molar-refractivity contribution in [2.75, 3.05) is 6.61 Å².